The van der Waals surface area contributed by atoms with Gasteiger partial charge in [-0.3, -0.25) is 15.5 Å². The zero-order chi connectivity index (χ0) is 29.6. The van der Waals surface area contributed by atoms with Gasteiger partial charge in [0.1, 0.15) is 0 Å². The number of amidine groups is 2. The van der Waals surface area contributed by atoms with Crippen molar-refractivity contribution in [3.8, 4) is 5.69 Å². The summed E-state index contributed by atoms with van der Waals surface area (Å²) in [7, 11) is 0. The monoisotopic (exact) mass is 569 g/mol. The van der Waals surface area contributed by atoms with Crippen LogP contribution in [0.25, 0.3) is 44.5 Å². The lowest BCUT2D eigenvalue weighted by Gasteiger charge is -2.17. The second-order valence-electron chi connectivity index (χ2n) is 11.4. The number of aromatic nitrogens is 2. The number of fused-ring (bicyclic) bond motifs is 7. The Morgan fingerprint density at radius 2 is 1.34 bits per heavy atom. The molecule has 2 aromatic heterocycles. The van der Waals surface area contributed by atoms with Gasteiger partial charge in [-0.15, -0.1) is 0 Å². The molecular weight excluding hydrogens is 538 g/mol. The molecule has 2 heterocycles. The molecule has 0 spiro atoms. The summed E-state index contributed by atoms with van der Waals surface area (Å²) in [5.41, 5.74) is 12.4. The van der Waals surface area contributed by atoms with E-state index in [1.54, 1.807) is 0 Å². The Hall–Kier alpha value is -5.68. The van der Waals surface area contributed by atoms with Crippen molar-refractivity contribution in [2.45, 2.75) is 13.3 Å². The van der Waals surface area contributed by atoms with Crippen LogP contribution in [0.1, 0.15) is 29.3 Å². The van der Waals surface area contributed by atoms with Gasteiger partial charge in [0.05, 0.1) is 16.6 Å². The Morgan fingerprint density at radius 1 is 0.705 bits per heavy atom. The van der Waals surface area contributed by atoms with Crippen molar-refractivity contribution in [1.82, 2.24) is 9.24 Å². The van der Waals surface area contributed by atoms with E-state index in [0.29, 0.717) is 11.8 Å². The molecule has 5 aromatic carbocycles. The zero-order valence-electron chi connectivity index (χ0n) is 24.4. The molecule has 1 atom stereocenters. The summed E-state index contributed by atoms with van der Waals surface area (Å²) >= 11 is 0. The molecule has 0 aliphatic heterocycles. The Bertz CT molecular complexity index is 2240. The predicted molar refractivity (Wildman–Crippen MR) is 184 cm³/mol. The minimum atomic E-state index is 0.199. The molecule has 212 valence electrons. The predicted octanol–water partition coefficient (Wildman–Crippen LogP) is 8.96. The zero-order valence-corrected chi connectivity index (χ0v) is 24.4. The largest absolute Gasteiger partial charge is 0.307 e. The number of benzene rings is 5. The highest BCUT2D eigenvalue weighted by Crippen LogP contribution is 2.41. The number of nitrogens with zero attached hydrogens (tertiary/aromatic N) is 3. The Kier molecular flexibility index (Phi) is 6.23. The van der Waals surface area contributed by atoms with E-state index >= 15 is 0 Å². The second kappa shape index (κ2) is 10.5. The van der Waals surface area contributed by atoms with E-state index in [2.05, 4.69) is 100 Å². The summed E-state index contributed by atoms with van der Waals surface area (Å²) < 4.78 is 4.59. The SMILES string of the molecule is CC1C=Cc2c(c3ccc4c5ccccc5n(N/C(=N\C(=N)c5ccccc5)c5ccccc5)c4c3n2-c2ccccc2)C1. The number of aliphatic imine (C=N–C) groups is 1. The molecule has 44 heavy (non-hydrogen) atoms. The van der Waals surface area contributed by atoms with Gasteiger partial charge < -0.3 is 4.57 Å². The van der Waals surface area contributed by atoms with Crippen LogP contribution < -0.4 is 5.43 Å². The molecule has 0 fully saturated rings. The fourth-order valence-electron chi connectivity index (χ4n) is 6.53. The van der Waals surface area contributed by atoms with Gasteiger partial charge in [-0.1, -0.05) is 122 Å². The van der Waals surface area contributed by atoms with Crippen LogP contribution in [0.2, 0.25) is 0 Å². The van der Waals surface area contributed by atoms with Crippen molar-refractivity contribution in [1.29, 1.82) is 5.41 Å². The van der Waals surface area contributed by atoms with Crippen LogP contribution in [0.5, 0.6) is 0 Å². The minimum absolute atomic E-state index is 0.199. The van der Waals surface area contributed by atoms with Gasteiger partial charge in [0.2, 0.25) is 0 Å². The van der Waals surface area contributed by atoms with Crippen LogP contribution in [0.3, 0.4) is 0 Å². The molecule has 1 aliphatic rings. The van der Waals surface area contributed by atoms with Crippen molar-refractivity contribution in [3.05, 3.63) is 156 Å². The van der Waals surface area contributed by atoms with E-state index in [0.717, 1.165) is 50.6 Å². The number of para-hydroxylation sites is 2. The maximum atomic E-state index is 8.90. The molecule has 5 heteroatoms. The number of hydrogen-bond acceptors (Lipinski definition) is 1. The molecule has 8 rings (SSSR count). The van der Waals surface area contributed by atoms with E-state index in [4.69, 9.17) is 10.4 Å². The average molecular weight is 570 g/mol. The van der Waals surface area contributed by atoms with Crippen LogP contribution in [0, 0.1) is 11.3 Å². The first kappa shape index (κ1) is 26.0. The molecule has 1 unspecified atom stereocenters. The van der Waals surface area contributed by atoms with Gasteiger partial charge >= 0.3 is 0 Å². The smallest absolute Gasteiger partial charge is 0.154 e. The van der Waals surface area contributed by atoms with E-state index in [1.807, 2.05) is 60.7 Å². The molecule has 0 saturated heterocycles. The highest BCUT2D eigenvalue weighted by molar-refractivity contribution is 6.21. The van der Waals surface area contributed by atoms with E-state index < -0.39 is 0 Å². The van der Waals surface area contributed by atoms with E-state index in [-0.39, 0.29) is 5.84 Å². The fourth-order valence-corrected chi connectivity index (χ4v) is 6.53. The van der Waals surface area contributed by atoms with Gasteiger partial charge in [0.15, 0.2) is 11.7 Å². The quantitative estimate of drug-likeness (QED) is 0.161. The van der Waals surface area contributed by atoms with Crippen molar-refractivity contribution in [2.75, 3.05) is 5.43 Å². The standard InChI is InChI=1S/C39H31N5/c1-26-21-24-34-33(25-26)32-23-22-31-30-19-11-12-20-35(30)44(37(31)36(32)43(34)29-17-9-4-10-18-29)42-39(28-15-7-3-8-16-28)41-38(40)27-13-5-2-6-14-27/h2-24,26H,25H2,1H3,(H2,40,41,42). The number of hydrogen-bond donors (Lipinski definition) is 2. The Morgan fingerprint density at radius 3 is 2.09 bits per heavy atom. The topological polar surface area (TPSA) is 58.1 Å². The summed E-state index contributed by atoms with van der Waals surface area (Å²) in [5, 5.41) is 12.5. The molecule has 2 N–H and O–H groups in total. The summed E-state index contributed by atoms with van der Waals surface area (Å²) in [6.07, 6.45) is 5.61. The van der Waals surface area contributed by atoms with Crippen LogP contribution in [-0.4, -0.2) is 20.9 Å². The summed E-state index contributed by atoms with van der Waals surface area (Å²) in [4.78, 5) is 4.89. The van der Waals surface area contributed by atoms with E-state index in [1.165, 1.54) is 16.6 Å². The second-order valence-corrected chi connectivity index (χ2v) is 11.4. The van der Waals surface area contributed by atoms with Crippen LogP contribution in [0.4, 0.5) is 0 Å². The fraction of sp³-hybridized carbons (Fsp3) is 0.0769. The Balaban J connectivity index is 1.45. The molecule has 0 amide bonds. The Labute approximate surface area is 255 Å². The summed E-state index contributed by atoms with van der Waals surface area (Å²) in [5.74, 6) is 1.28. The molecular formula is C39H31N5. The lowest BCUT2D eigenvalue weighted by Crippen LogP contribution is -2.25. The maximum absolute atomic E-state index is 8.90. The molecule has 1 aliphatic carbocycles. The number of nitrogens with one attached hydrogen (secondary N) is 2. The van der Waals surface area contributed by atoms with Crippen molar-refractivity contribution in [2.24, 2.45) is 10.9 Å². The molecule has 0 radical (unpaired) electrons. The third kappa shape index (κ3) is 4.24. The first-order chi connectivity index (χ1) is 21.7. The normalized spacial score (nSPS) is 14.8. The summed E-state index contributed by atoms with van der Waals surface area (Å²) in [6, 6.07) is 43.5. The average Bonchev–Trinajstić information content (AvgIpc) is 3.58. The van der Waals surface area contributed by atoms with Crippen LogP contribution >= 0.6 is 0 Å². The molecule has 7 aromatic rings. The highest BCUT2D eigenvalue weighted by atomic mass is 15.4. The lowest BCUT2D eigenvalue weighted by molar-refractivity contribution is 0.718. The first-order valence-corrected chi connectivity index (χ1v) is 15.1. The van der Waals surface area contributed by atoms with Crippen molar-refractivity contribution < 1.29 is 0 Å². The number of rotatable bonds is 4. The highest BCUT2D eigenvalue weighted by Gasteiger charge is 2.25. The van der Waals surface area contributed by atoms with Crippen LogP contribution in [0.15, 0.2) is 138 Å². The van der Waals surface area contributed by atoms with Crippen molar-refractivity contribution in [3.63, 3.8) is 0 Å². The van der Waals surface area contributed by atoms with Crippen molar-refractivity contribution >= 4 is 50.5 Å². The number of allylic oxidation sites excluding steroid dienone is 1. The molecule has 0 saturated carbocycles. The maximum Gasteiger partial charge on any atom is 0.154 e. The van der Waals surface area contributed by atoms with Crippen LogP contribution in [-0.2, 0) is 6.42 Å². The van der Waals surface area contributed by atoms with E-state index in [9.17, 15) is 0 Å². The van der Waals surface area contributed by atoms with Gasteiger partial charge in [-0.2, -0.15) is 0 Å². The van der Waals surface area contributed by atoms with Gasteiger partial charge in [-0.25, -0.2) is 4.99 Å². The van der Waals surface area contributed by atoms with Gasteiger partial charge in [0, 0.05) is 38.7 Å². The van der Waals surface area contributed by atoms with Gasteiger partial charge in [-0.05, 0) is 42.2 Å². The third-order valence-electron chi connectivity index (χ3n) is 8.57. The van der Waals surface area contributed by atoms with Gasteiger partial charge in [0.25, 0.3) is 0 Å². The summed E-state index contributed by atoms with van der Waals surface area (Å²) in [6.45, 7) is 2.28. The first-order valence-electron chi connectivity index (χ1n) is 15.1. The molecule has 5 nitrogen and oxygen atoms in total. The minimum Gasteiger partial charge on any atom is -0.307 e. The molecule has 0 bridgehead atoms. The third-order valence-corrected chi connectivity index (χ3v) is 8.57. The lowest BCUT2D eigenvalue weighted by atomic mass is 9.93.